The first-order valence-electron chi connectivity index (χ1n) is 9.16. The minimum atomic E-state index is -3.63. The lowest BCUT2D eigenvalue weighted by Gasteiger charge is -2.31. The largest absolute Gasteiger partial charge is 0.497 e. The monoisotopic (exact) mass is 407 g/mol. The van der Waals surface area contributed by atoms with Crippen molar-refractivity contribution in [2.75, 3.05) is 20.2 Å². The first kappa shape index (κ1) is 20.3. The summed E-state index contributed by atoms with van der Waals surface area (Å²) < 4.78 is 37.2. The van der Waals surface area contributed by atoms with Crippen LogP contribution in [0.2, 0.25) is 0 Å². The fourth-order valence-electron chi connectivity index (χ4n) is 3.42. The number of nitrogens with one attached hydrogen (secondary N) is 1. The van der Waals surface area contributed by atoms with Gasteiger partial charge in [-0.05, 0) is 44.4 Å². The summed E-state index contributed by atoms with van der Waals surface area (Å²) in [6.07, 6.45) is 1.41. The number of nitrogens with zero attached hydrogens (tertiary/aromatic N) is 2. The number of carbonyl (C=O) groups is 1. The van der Waals surface area contributed by atoms with Crippen molar-refractivity contribution >= 4 is 15.9 Å². The second-order valence-electron chi connectivity index (χ2n) is 6.92. The summed E-state index contributed by atoms with van der Waals surface area (Å²) in [7, 11) is -2.04. The van der Waals surface area contributed by atoms with Crippen molar-refractivity contribution in [1.82, 2.24) is 14.8 Å². The topological polar surface area (TPSA) is 102 Å². The van der Waals surface area contributed by atoms with E-state index in [1.165, 1.54) is 4.31 Å². The lowest BCUT2D eigenvalue weighted by atomic mass is 10.1. The number of sulfonamides is 1. The Hall–Kier alpha value is -2.39. The Balaban J connectivity index is 1.54. The first-order chi connectivity index (χ1) is 13.3. The molecule has 1 N–H and O–H groups in total. The standard InChI is InChI=1S/C19H25N3O5S/c1-13-19(14(2)27-21-13)28(24,25)22-10-8-16(9-11-22)20-18(23)12-15-4-6-17(26-3)7-5-15/h4-7,16H,8-12H2,1-3H3,(H,20,23). The molecule has 0 atom stereocenters. The van der Waals surface area contributed by atoms with E-state index in [0.717, 1.165) is 11.3 Å². The number of piperidine rings is 1. The summed E-state index contributed by atoms with van der Waals surface area (Å²) in [6.45, 7) is 3.91. The summed E-state index contributed by atoms with van der Waals surface area (Å²) in [5.41, 5.74) is 1.27. The van der Waals surface area contributed by atoms with Crippen LogP contribution < -0.4 is 10.1 Å². The number of hydrogen-bond donors (Lipinski definition) is 1. The van der Waals surface area contributed by atoms with Crippen molar-refractivity contribution in [2.45, 2.75) is 44.0 Å². The van der Waals surface area contributed by atoms with Crippen molar-refractivity contribution in [3.8, 4) is 5.75 Å². The van der Waals surface area contributed by atoms with Crippen LogP contribution in [0.25, 0.3) is 0 Å². The van der Waals surface area contributed by atoms with E-state index in [-0.39, 0.29) is 23.3 Å². The highest BCUT2D eigenvalue weighted by atomic mass is 32.2. The molecule has 1 amide bonds. The SMILES string of the molecule is COc1ccc(CC(=O)NC2CCN(S(=O)(=O)c3c(C)noc3C)CC2)cc1. The lowest BCUT2D eigenvalue weighted by Crippen LogP contribution is -2.46. The van der Waals surface area contributed by atoms with E-state index in [0.29, 0.717) is 37.4 Å². The van der Waals surface area contributed by atoms with E-state index in [4.69, 9.17) is 9.26 Å². The molecule has 1 aliphatic rings. The van der Waals surface area contributed by atoms with E-state index in [1.807, 2.05) is 24.3 Å². The minimum absolute atomic E-state index is 0.0399. The molecule has 3 rings (SSSR count). The number of aromatic nitrogens is 1. The third kappa shape index (κ3) is 4.36. The number of hydrogen-bond acceptors (Lipinski definition) is 6. The fraction of sp³-hybridized carbons (Fsp3) is 0.474. The molecule has 8 nitrogen and oxygen atoms in total. The number of methoxy groups -OCH3 is 1. The van der Waals surface area contributed by atoms with E-state index in [1.54, 1.807) is 21.0 Å². The van der Waals surface area contributed by atoms with Gasteiger partial charge in [-0.25, -0.2) is 8.42 Å². The second-order valence-corrected chi connectivity index (χ2v) is 8.80. The molecule has 0 spiro atoms. The highest BCUT2D eigenvalue weighted by Gasteiger charge is 2.34. The highest BCUT2D eigenvalue weighted by Crippen LogP contribution is 2.26. The Kier molecular flexibility index (Phi) is 6.04. The molecule has 152 valence electrons. The summed E-state index contributed by atoms with van der Waals surface area (Å²) in [4.78, 5) is 12.4. The maximum absolute atomic E-state index is 12.8. The molecule has 0 bridgehead atoms. The third-order valence-corrected chi connectivity index (χ3v) is 7.05. The van der Waals surface area contributed by atoms with Gasteiger partial charge in [-0.2, -0.15) is 4.31 Å². The molecule has 0 unspecified atom stereocenters. The van der Waals surface area contributed by atoms with E-state index in [2.05, 4.69) is 10.5 Å². The molecule has 9 heteroatoms. The molecule has 1 aliphatic heterocycles. The van der Waals surface area contributed by atoms with Crippen LogP contribution in [0.1, 0.15) is 29.9 Å². The average molecular weight is 407 g/mol. The van der Waals surface area contributed by atoms with Gasteiger partial charge in [-0.1, -0.05) is 17.3 Å². The van der Waals surface area contributed by atoms with Crippen molar-refractivity contribution in [1.29, 1.82) is 0 Å². The zero-order valence-electron chi connectivity index (χ0n) is 16.3. The van der Waals surface area contributed by atoms with Crippen LogP contribution in [0, 0.1) is 13.8 Å². The smallest absolute Gasteiger partial charge is 0.248 e. The summed E-state index contributed by atoms with van der Waals surface area (Å²) >= 11 is 0. The van der Waals surface area contributed by atoms with Crippen LogP contribution in [0.15, 0.2) is 33.7 Å². The zero-order valence-corrected chi connectivity index (χ0v) is 17.1. The van der Waals surface area contributed by atoms with Crippen LogP contribution in [0.4, 0.5) is 0 Å². The van der Waals surface area contributed by atoms with Gasteiger partial charge >= 0.3 is 0 Å². The minimum Gasteiger partial charge on any atom is -0.497 e. The molecule has 0 aliphatic carbocycles. The number of ether oxygens (including phenoxy) is 1. The first-order valence-corrected chi connectivity index (χ1v) is 10.6. The predicted octanol–water partition coefficient (Wildman–Crippen LogP) is 1.81. The maximum atomic E-state index is 12.8. The molecule has 0 saturated carbocycles. The quantitative estimate of drug-likeness (QED) is 0.784. The Bertz CT molecular complexity index is 909. The van der Waals surface area contributed by atoms with Gasteiger partial charge in [0.05, 0.1) is 13.5 Å². The molecule has 1 aromatic heterocycles. The number of benzene rings is 1. The van der Waals surface area contributed by atoms with Crippen molar-refractivity contribution in [3.63, 3.8) is 0 Å². The molecule has 2 aromatic rings. The third-order valence-electron chi connectivity index (χ3n) is 4.91. The van der Waals surface area contributed by atoms with Gasteiger partial charge in [0.2, 0.25) is 15.9 Å². The van der Waals surface area contributed by atoms with Gasteiger partial charge in [0.25, 0.3) is 0 Å². The Morgan fingerprint density at radius 1 is 1.25 bits per heavy atom. The Labute approximate surface area is 164 Å². The lowest BCUT2D eigenvalue weighted by molar-refractivity contribution is -0.121. The normalized spacial score (nSPS) is 16.1. The predicted molar refractivity (Wildman–Crippen MR) is 103 cm³/mol. The van der Waals surface area contributed by atoms with Crippen LogP contribution in [-0.2, 0) is 21.2 Å². The summed E-state index contributed by atoms with van der Waals surface area (Å²) in [5.74, 6) is 0.973. The van der Waals surface area contributed by atoms with Gasteiger partial charge in [-0.3, -0.25) is 4.79 Å². The van der Waals surface area contributed by atoms with Gasteiger partial charge in [0, 0.05) is 19.1 Å². The Morgan fingerprint density at radius 3 is 2.43 bits per heavy atom. The van der Waals surface area contributed by atoms with E-state index >= 15 is 0 Å². The maximum Gasteiger partial charge on any atom is 0.248 e. The van der Waals surface area contributed by atoms with Crippen molar-refractivity contribution in [2.24, 2.45) is 0 Å². The fourth-order valence-corrected chi connectivity index (χ4v) is 5.18. The molecule has 1 fully saturated rings. The number of aryl methyl sites for hydroxylation is 2. The van der Waals surface area contributed by atoms with Gasteiger partial charge < -0.3 is 14.6 Å². The average Bonchev–Trinajstić information content (AvgIpc) is 3.01. The molecule has 28 heavy (non-hydrogen) atoms. The van der Waals surface area contributed by atoms with Gasteiger partial charge in [-0.15, -0.1) is 0 Å². The van der Waals surface area contributed by atoms with Crippen molar-refractivity contribution in [3.05, 3.63) is 41.3 Å². The highest BCUT2D eigenvalue weighted by molar-refractivity contribution is 7.89. The van der Waals surface area contributed by atoms with Crippen LogP contribution in [0.5, 0.6) is 5.75 Å². The molecular weight excluding hydrogens is 382 g/mol. The number of amides is 1. The molecule has 1 aromatic carbocycles. The zero-order chi connectivity index (χ0) is 20.3. The van der Waals surface area contributed by atoms with Gasteiger partial charge in [0.1, 0.15) is 16.3 Å². The van der Waals surface area contributed by atoms with E-state index in [9.17, 15) is 13.2 Å². The molecule has 2 heterocycles. The van der Waals surface area contributed by atoms with Crippen LogP contribution in [-0.4, -0.2) is 50.0 Å². The number of carbonyl (C=O) groups excluding carboxylic acids is 1. The summed E-state index contributed by atoms with van der Waals surface area (Å²) in [5, 5.41) is 6.74. The van der Waals surface area contributed by atoms with Crippen molar-refractivity contribution < 1.29 is 22.5 Å². The van der Waals surface area contributed by atoms with Crippen LogP contribution >= 0.6 is 0 Å². The van der Waals surface area contributed by atoms with Crippen LogP contribution in [0.3, 0.4) is 0 Å². The number of rotatable bonds is 6. The molecular formula is C19H25N3O5S. The molecule has 1 saturated heterocycles. The second kappa shape index (κ2) is 8.32. The molecule has 0 radical (unpaired) electrons. The Morgan fingerprint density at radius 2 is 1.89 bits per heavy atom. The van der Waals surface area contributed by atoms with Gasteiger partial charge in [0.15, 0.2) is 5.76 Å². The van der Waals surface area contributed by atoms with E-state index < -0.39 is 10.0 Å². The summed E-state index contributed by atoms with van der Waals surface area (Å²) in [6, 6.07) is 7.32.